The molecule has 1 amide bonds. The van der Waals surface area contributed by atoms with Gasteiger partial charge in [-0.1, -0.05) is 47.0 Å². The summed E-state index contributed by atoms with van der Waals surface area (Å²) in [5.41, 5.74) is 1.61. The summed E-state index contributed by atoms with van der Waals surface area (Å²) >= 11 is 1.16. The first kappa shape index (κ1) is 13.6. The first-order valence-corrected chi connectivity index (χ1v) is 8.43. The summed E-state index contributed by atoms with van der Waals surface area (Å²) in [5.74, 6) is 1.91. The topological polar surface area (TPSA) is 54.9 Å². The number of aromatic nitrogens is 2. The number of fused-ring (bicyclic) bond motifs is 2. The van der Waals surface area contributed by atoms with Gasteiger partial charge in [0, 0.05) is 12.1 Å². The second kappa shape index (κ2) is 5.65. The van der Waals surface area contributed by atoms with Crippen LogP contribution in [0.3, 0.4) is 0 Å². The minimum atomic E-state index is -0.0550. The Bertz CT molecular complexity index is 710. The SMILES string of the molecule is O=C(NC[C@H]1C[C@H]2C=C[C@@H]1C2)c1snnc1-c1ccccc1. The van der Waals surface area contributed by atoms with Crippen LogP contribution in [0.4, 0.5) is 0 Å². The van der Waals surface area contributed by atoms with Crippen LogP contribution in [0.15, 0.2) is 42.5 Å². The van der Waals surface area contributed by atoms with Crippen molar-refractivity contribution >= 4 is 17.4 Å². The van der Waals surface area contributed by atoms with Gasteiger partial charge in [0.05, 0.1) is 0 Å². The summed E-state index contributed by atoms with van der Waals surface area (Å²) < 4.78 is 3.96. The lowest BCUT2D eigenvalue weighted by atomic mass is 9.93. The van der Waals surface area contributed by atoms with Crippen LogP contribution in [0.2, 0.25) is 0 Å². The van der Waals surface area contributed by atoms with Crippen LogP contribution in [0, 0.1) is 17.8 Å². The Morgan fingerprint density at radius 1 is 1.23 bits per heavy atom. The van der Waals surface area contributed by atoms with E-state index in [0.717, 1.165) is 29.6 Å². The highest BCUT2D eigenvalue weighted by atomic mass is 32.1. The molecule has 5 heteroatoms. The first-order chi connectivity index (χ1) is 10.8. The van der Waals surface area contributed by atoms with Gasteiger partial charge in [0.1, 0.15) is 10.6 Å². The van der Waals surface area contributed by atoms with Crippen molar-refractivity contribution in [3.63, 3.8) is 0 Å². The quantitative estimate of drug-likeness (QED) is 0.883. The lowest BCUT2D eigenvalue weighted by molar-refractivity contribution is 0.0949. The Labute approximate surface area is 133 Å². The van der Waals surface area contributed by atoms with Crippen molar-refractivity contribution in [3.05, 3.63) is 47.4 Å². The molecular weight excluding hydrogens is 294 g/mol. The van der Waals surface area contributed by atoms with Crippen molar-refractivity contribution in [1.82, 2.24) is 14.9 Å². The van der Waals surface area contributed by atoms with E-state index in [4.69, 9.17) is 0 Å². The molecule has 0 unspecified atom stereocenters. The Morgan fingerprint density at radius 2 is 2.09 bits per heavy atom. The molecule has 4 nitrogen and oxygen atoms in total. The maximum absolute atomic E-state index is 12.5. The Kier molecular flexibility index (Phi) is 3.50. The molecule has 0 radical (unpaired) electrons. The molecule has 2 bridgehead atoms. The molecule has 0 spiro atoms. The van der Waals surface area contributed by atoms with Gasteiger partial charge in [-0.25, -0.2) is 0 Å². The molecule has 1 aromatic carbocycles. The normalized spacial score (nSPS) is 25.5. The van der Waals surface area contributed by atoms with Crippen molar-refractivity contribution in [2.24, 2.45) is 17.8 Å². The van der Waals surface area contributed by atoms with Crippen molar-refractivity contribution in [2.45, 2.75) is 12.8 Å². The molecule has 3 atom stereocenters. The third-order valence-corrected chi connectivity index (χ3v) is 5.41. The van der Waals surface area contributed by atoms with E-state index in [2.05, 4.69) is 27.1 Å². The number of amides is 1. The van der Waals surface area contributed by atoms with Crippen molar-refractivity contribution in [3.8, 4) is 11.3 Å². The zero-order chi connectivity index (χ0) is 14.9. The molecule has 0 aliphatic heterocycles. The molecule has 4 rings (SSSR count). The van der Waals surface area contributed by atoms with Crippen LogP contribution < -0.4 is 5.32 Å². The van der Waals surface area contributed by atoms with Gasteiger partial charge in [-0.05, 0) is 42.1 Å². The lowest BCUT2D eigenvalue weighted by Gasteiger charge is -2.18. The zero-order valence-corrected chi connectivity index (χ0v) is 12.9. The first-order valence-electron chi connectivity index (χ1n) is 7.65. The van der Waals surface area contributed by atoms with E-state index in [1.807, 2.05) is 30.3 Å². The molecule has 1 fully saturated rings. The molecule has 2 aliphatic carbocycles. The highest BCUT2D eigenvalue weighted by Crippen LogP contribution is 2.43. The fourth-order valence-corrected chi connectivity index (χ4v) is 4.16. The van der Waals surface area contributed by atoms with Crippen molar-refractivity contribution in [1.29, 1.82) is 0 Å². The van der Waals surface area contributed by atoms with Gasteiger partial charge in [0.2, 0.25) is 0 Å². The van der Waals surface area contributed by atoms with E-state index in [1.165, 1.54) is 12.8 Å². The molecule has 1 N–H and O–H groups in total. The van der Waals surface area contributed by atoms with Crippen LogP contribution in [-0.2, 0) is 0 Å². The number of benzene rings is 1. The molecule has 2 aliphatic rings. The molecule has 1 heterocycles. The third-order valence-electron chi connectivity index (χ3n) is 4.68. The molecule has 0 saturated heterocycles. The van der Waals surface area contributed by atoms with Crippen LogP contribution in [-0.4, -0.2) is 22.0 Å². The number of rotatable bonds is 4. The number of nitrogens with one attached hydrogen (secondary N) is 1. The standard InChI is InChI=1S/C17H17N3OS/c21-17(18-10-14-9-11-6-7-13(14)8-11)16-15(19-20-22-16)12-4-2-1-3-5-12/h1-7,11,13-14H,8-10H2,(H,18,21)/t11-,13+,14+/m0/s1. The average molecular weight is 311 g/mol. The summed E-state index contributed by atoms with van der Waals surface area (Å²) in [5, 5.41) is 7.20. The van der Waals surface area contributed by atoms with Gasteiger partial charge >= 0.3 is 0 Å². The van der Waals surface area contributed by atoms with Crippen LogP contribution in [0.1, 0.15) is 22.5 Å². The molecule has 1 aromatic heterocycles. The summed E-state index contributed by atoms with van der Waals surface area (Å²) in [6.45, 7) is 0.746. The van der Waals surface area contributed by atoms with Crippen LogP contribution in [0.25, 0.3) is 11.3 Å². The monoisotopic (exact) mass is 311 g/mol. The van der Waals surface area contributed by atoms with E-state index in [1.54, 1.807) is 0 Å². The largest absolute Gasteiger partial charge is 0.351 e. The van der Waals surface area contributed by atoms with Gasteiger partial charge in [-0.3, -0.25) is 4.79 Å². The van der Waals surface area contributed by atoms with Crippen molar-refractivity contribution < 1.29 is 4.79 Å². The van der Waals surface area contributed by atoms with Gasteiger partial charge in [-0.2, -0.15) is 0 Å². The number of nitrogens with zero attached hydrogens (tertiary/aromatic N) is 2. The van der Waals surface area contributed by atoms with E-state index in [0.29, 0.717) is 22.4 Å². The van der Waals surface area contributed by atoms with Gasteiger partial charge in [0.25, 0.3) is 5.91 Å². The summed E-state index contributed by atoms with van der Waals surface area (Å²) in [6, 6.07) is 9.74. The van der Waals surface area contributed by atoms with Gasteiger partial charge in [0.15, 0.2) is 0 Å². The second-order valence-corrected chi connectivity index (χ2v) is 6.82. The molecule has 1 saturated carbocycles. The predicted octanol–water partition coefficient (Wildman–Crippen LogP) is 3.15. The number of carbonyl (C=O) groups is 1. The van der Waals surface area contributed by atoms with Crippen LogP contribution >= 0.6 is 11.5 Å². The Hall–Kier alpha value is -2.01. The number of hydrogen-bond donors (Lipinski definition) is 1. The van der Waals surface area contributed by atoms with Gasteiger partial charge < -0.3 is 5.32 Å². The fourth-order valence-electron chi connectivity index (χ4n) is 3.56. The smallest absolute Gasteiger partial charge is 0.265 e. The van der Waals surface area contributed by atoms with E-state index in [-0.39, 0.29) is 5.91 Å². The highest BCUT2D eigenvalue weighted by Gasteiger charge is 2.35. The fraction of sp³-hybridized carbons (Fsp3) is 0.353. The van der Waals surface area contributed by atoms with Crippen LogP contribution in [0.5, 0.6) is 0 Å². The minimum absolute atomic E-state index is 0.0550. The summed E-state index contributed by atoms with van der Waals surface area (Å²) in [4.78, 5) is 13.1. The Balaban J connectivity index is 1.45. The highest BCUT2D eigenvalue weighted by molar-refractivity contribution is 7.08. The average Bonchev–Trinajstić information content (AvgIpc) is 3.29. The van der Waals surface area contributed by atoms with E-state index in [9.17, 15) is 4.79 Å². The summed E-state index contributed by atoms with van der Waals surface area (Å²) in [6.07, 6.45) is 7.10. The molecular formula is C17H17N3OS. The Morgan fingerprint density at radius 3 is 2.82 bits per heavy atom. The second-order valence-electron chi connectivity index (χ2n) is 6.07. The number of hydrogen-bond acceptors (Lipinski definition) is 4. The molecule has 22 heavy (non-hydrogen) atoms. The third kappa shape index (κ3) is 2.46. The maximum Gasteiger partial charge on any atom is 0.265 e. The maximum atomic E-state index is 12.5. The molecule has 112 valence electrons. The van der Waals surface area contributed by atoms with Gasteiger partial charge in [-0.15, -0.1) is 5.10 Å². The van der Waals surface area contributed by atoms with Crippen molar-refractivity contribution in [2.75, 3.05) is 6.54 Å². The van der Waals surface area contributed by atoms with E-state index >= 15 is 0 Å². The number of carbonyl (C=O) groups excluding carboxylic acids is 1. The minimum Gasteiger partial charge on any atom is -0.351 e. The summed E-state index contributed by atoms with van der Waals surface area (Å²) in [7, 11) is 0. The number of allylic oxidation sites excluding steroid dienone is 2. The predicted molar refractivity (Wildman–Crippen MR) is 86.5 cm³/mol. The lowest BCUT2D eigenvalue weighted by Crippen LogP contribution is -2.30. The van der Waals surface area contributed by atoms with E-state index < -0.39 is 0 Å². The zero-order valence-electron chi connectivity index (χ0n) is 12.1. The molecule has 2 aromatic rings.